The molecule has 4 nitrogen and oxygen atoms in total. The Morgan fingerprint density at radius 2 is 2.05 bits per heavy atom. The van der Waals surface area contributed by atoms with Crippen LogP contribution in [0.5, 0.6) is 0 Å². The van der Waals surface area contributed by atoms with E-state index in [-0.39, 0.29) is 23.0 Å². The van der Waals surface area contributed by atoms with Crippen LogP contribution in [0.1, 0.15) is 32.3 Å². The van der Waals surface area contributed by atoms with Crippen molar-refractivity contribution in [2.75, 3.05) is 18.1 Å². The Balaban J connectivity index is 3.27. The Bertz CT molecular complexity index is 478. The maximum Gasteiger partial charge on any atom is 0.161 e. The van der Waals surface area contributed by atoms with E-state index in [1.54, 1.807) is 12.1 Å². The van der Waals surface area contributed by atoms with E-state index in [0.717, 1.165) is 12.8 Å². The van der Waals surface area contributed by atoms with Gasteiger partial charge in [0.15, 0.2) is 5.82 Å². The molecule has 6 heteroatoms. The second-order valence-electron chi connectivity index (χ2n) is 4.56. The smallest absolute Gasteiger partial charge is 0.161 e. The zero-order valence-corrected chi connectivity index (χ0v) is 13.4. The average molecular weight is 346 g/mol. The number of nitrogen functional groups attached to an aromatic ring is 1. The van der Waals surface area contributed by atoms with E-state index in [4.69, 9.17) is 11.1 Å². The molecule has 0 saturated carbocycles. The maximum absolute atomic E-state index is 14.5. The van der Waals surface area contributed by atoms with Gasteiger partial charge in [-0.05, 0) is 40.9 Å². The van der Waals surface area contributed by atoms with Crippen molar-refractivity contribution in [2.24, 2.45) is 5.73 Å². The molecule has 1 rings (SSSR count). The van der Waals surface area contributed by atoms with Crippen LogP contribution in [0.4, 0.5) is 10.1 Å². The Morgan fingerprint density at radius 3 is 2.50 bits per heavy atom. The van der Waals surface area contributed by atoms with Gasteiger partial charge in [-0.25, -0.2) is 4.39 Å². The first-order valence-corrected chi connectivity index (χ1v) is 7.47. The van der Waals surface area contributed by atoms with Crippen molar-refractivity contribution in [1.82, 2.24) is 0 Å². The van der Waals surface area contributed by atoms with Gasteiger partial charge < -0.3 is 15.7 Å². The fourth-order valence-electron chi connectivity index (χ4n) is 2.31. The Labute approximate surface area is 127 Å². The molecule has 0 fully saturated rings. The first kappa shape index (κ1) is 16.9. The number of anilines is 1. The third-order valence-corrected chi connectivity index (χ3v) is 4.16. The van der Waals surface area contributed by atoms with E-state index in [1.165, 1.54) is 0 Å². The Morgan fingerprint density at radius 1 is 1.45 bits per heavy atom. The maximum atomic E-state index is 14.5. The molecule has 0 aliphatic heterocycles. The molecule has 1 aromatic carbocycles. The minimum absolute atomic E-state index is 0.0397. The molecule has 1 aromatic rings. The quantitative estimate of drug-likeness (QED) is 0.525. The summed E-state index contributed by atoms with van der Waals surface area (Å²) in [5.41, 5.74) is 6.17. The van der Waals surface area contributed by atoms with Gasteiger partial charge in [0, 0.05) is 18.2 Å². The SMILES string of the molecule is CCC(CC)N(CCO)c1ccc(C(=N)N)c(Br)c1F. The third kappa shape index (κ3) is 3.49. The summed E-state index contributed by atoms with van der Waals surface area (Å²) in [6.07, 6.45) is 1.73. The summed E-state index contributed by atoms with van der Waals surface area (Å²) in [6.45, 7) is 4.40. The van der Waals surface area contributed by atoms with Crippen LogP contribution in [0.3, 0.4) is 0 Å². The first-order chi connectivity index (χ1) is 9.47. The monoisotopic (exact) mass is 345 g/mol. The molecule has 4 N–H and O–H groups in total. The van der Waals surface area contributed by atoms with Gasteiger partial charge in [-0.1, -0.05) is 13.8 Å². The lowest BCUT2D eigenvalue weighted by Gasteiger charge is -2.32. The van der Waals surface area contributed by atoms with Crippen LogP contribution in [-0.4, -0.2) is 30.1 Å². The molecule has 0 aliphatic carbocycles. The number of hydrogen-bond acceptors (Lipinski definition) is 3. The van der Waals surface area contributed by atoms with Gasteiger partial charge in [0.25, 0.3) is 0 Å². The van der Waals surface area contributed by atoms with Crippen LogP contribution >= 0.6 is 15.9 Å². The van der Waals surface area contributed by atoms with Gasteiger partial charge in [0.2, 0.25) is 0 Å². The van der Waals surface area contributed by atoms with Gasteiger partial charge >= 0.3 is 0 Å². The number of nitrogens with one attached hydrogen (secondary N) is 1. The fourth-order valence-corrected chi connectivity index (χ4v) is 2.85. The van der Waals surface area contributed by atoms with Gasteiger partial charge in [-0.15, -0.1) is 0 Å². The highest BCUT2D eigenvalue weighted by Crippen LogP contribution is 2.31. The predicted octanol–water partition coefficient (Wildman–Crippen LogP) is 2.86. The van der Waals surface area contributed by atoms with E-state index in [9.17, 15) is 9.50 Å². The first-order valence-electron chi connectivity index (χ1n) is 6.67. The van der Waals surface area contributed by atoms with E-state index >= 15 is 0 Å². The number of aliphatic hydroxyl groups excluding tert-OH is 1. The Hall–Kier alpha value is -1.14. The van der Waals surface area contributed by atoms with E-state index < -0.39 is 5.82 Å². The van der Waals surface area contributed by atoms with Crippen LogP contribution in [0.15, 0.2) is 16.6 Å². The number of nitrogens with two attached hydrogens (primary N) is 1. The van der Waals surface area contributed by atoms with E-state index in [2.05, 4.69) is 15.9 Å². The van der Waals surface area contributed by atoms with E-state index in [1.807, 2.05) is 18.7 Å². The van der Waals surface area contributed by atoms with Crippen LogP contribution in [0, 0.1) is 11.2 Å². The summed E-state index contributed by atoms with van der Waals surface area (Å²) in [5.74, 6) is -0.628. The highest BCUT2D eigenvalue weighted by Gasteiger charge is 2.21. The molecular formula is C14H21BrFN3O. The summed E-state index contributed by atoms with van der Waals surface area (Å²) in [5, 5.41) is 16.6. The van der Waals surface area contributed by atoms with Crippen molar-refractivity contribution in [3.8, 4) is 0 Å². The number of benzene rings is 1. The zero-order chi connectivity index (χ0) is 15.3. The average Bonchev–Trinajstić information content (AvgIpc) is 2.42. The second kappa shape index (κ2) is 7.59. The molecule has 0 bridgehead atoms. The second-order valence-corrected chi connectivity index (χ2v) is 5.35. The number of nitrogens with zero attached hydrogens (tertiary/aromatic N) is 1. The van der Waals surface area contributed by atoms with Gasteiger partial charge in [-0.3, -0.25) is 5.41 Å². The molecule has 0 unspecified atom stereocenters. The van der Waals surface area contributed by atoms with Crippen molar-refractivity contribution >= 4 is 27.5 Å². The molecule has 0 spiro atoms. The molecular weight excluding hydrogens is 325 g/mol. The normalized spacial score (nSPS) is 10.9. The highest BCUT2D eigenvalue weighted by molar-refractivity contribution is 9.10. The van der Waals surface area contributed by atoms with Crippen LogP contribution in [0.2, 0.25) is 0 Å². The molecule has 20 heavy (non-hydrogen) atoms. The standard InChI is InChI=1S/C14H21BrFN3O/c1-3-9(4-2)19(7-8-20)11-6-5-10(14(17)18)12(15)13(11)16/h5-6,9,20H,3-4,7-8H2,1-2H3,(H3,17,18). The lowest BCUT2D eigenvalue weighted by Crippen LogP contribution is -2.37. The topological polar surface area (TPSA) is 73.3 Å². The summed E-state index contributed by atoms with van der Waals surface area (Å²) < 4.78 is 14.7. The predicted molar refractivity (Wildman–Crippen MR) is 83.9 cm³/mol. The molecule has 0 atom stereocenters. The number of halogens is 2. The summed E-state index contributed by atoms with van der Waals surface area (Å²) in [6, 6.07) is 3.40. The van der Waals surface area contributed by atoms with Gasteiger partial charge in [0.05, 0.1) is 16.8 Å². The minimum Gasteiger partial charge on any atom is -0.395 e. The zero-order valence-electron chi connectivity index (χ0n) is 11.8. The molecule has 0 heterocycles. The van der Waals surface area contributed by atoms with Crippen LogP contribution in [-0.2, 0) is 0 Å². The fraction of sp³-hybridized carbons (Fsp3) is 0.500. The number of hydrogen-bond donors (Lipinski definition) is 3. The number of rotatable bonds is 7. The van der Waals surface area contributed by atoms with Gasteiger partial charge in [0.1, 0.15) is 5.84 Å². The van der Waals surface area contributed by atoms with Crippen molar-refractivity contribution < 1.29 is 9.50 Å². The van der Waals surface area contributed by atoms with Crippen molar-refractivity contribution in [3.63, 3.8) is 0 Å². The molecule has 0 amide bonds. The highest BCUT2D eigenvalue weighted by atomic mass is 79.9. The van der Waals surface area contributed by atoms with Crippen molar-refractivity contribution in [2.45, 2.75) is 32.7 Å². The minimum atomic E-state index is -0.446. The van der Waals surface area contributed by atoms with Crippen LogP contribution < -0.4 is 10.6 Å². The Kier molecular flexibility index (Phi) is 6.42. The van der Waals surface area contributed by atoms with Gasteiger partial charge in [-0.2, -0.15) is 0 Å². The molecule has 0 aliphatic rings. The lowest BCUT2D eigenvalue weighted by molar-refractivity contribution is 0.295. The summed E-state index contributed by atoms with van der Waals surface area (Å²) in [4.78, 5) is 1.87. The van der Waals surface area contributed by atoms with Crippen molar-refractivity contribution in [3.05, 3.63) is 28.0 Å². The van der Waals surface area contributed by atoms with E-state index in [0.29, 0.717) is 17.8 Å². The number of aliphatic hydroxyl groups is 1. The largest absolute Gasteiger partial charge is 0.395 e. The van der Waals surface area contributed by atoms with Crippen LogP contribution in [0.25, 0.3) is 0 Å². The summed E-state index contributed by atoms with van der Waals surface area (Å²) in [7, 11) is 0. The molecule has 0 aromatic heterocycles. The lowest BCUT2D eigenvalue weighted by atomic mass is 10.1. The third-order valence-electron chi connectivity index (χ3n) is 3.39. The molecule has 0 saturated heterocycles. The molecule has 0 radical (unpaired) electrons. The van der Waals surface area contributed by atoms with Crippen molar-refractivity contribution in [1.29, 1.82) is 5.41 Å². The molecule has 112 valence electrons. The number of amidine groups is 1. The summed E-state index contributed by atoms with van der Waals surface area (Å²) >= 11 is 3.16.